The number of ether oxygens (including phenoxy) is 1. The molecule has 1 nitrogen and oxygen atoms in total. The first kappa shape index (κ1) is 5.39. The van der Waals surface area contributed by atoms with Crippen molar-refractivity contribution in [1.82, 2.24) is 0 Å². The van der Waals surface area contributed by atoms with Gasteiger partial charge < -0.3 is 4.74 Å². The van der Waals surface area contributed by atoms with E-state index in [1.807, 2.05) is 0 Å². The van der Waals surface area contributed by atoms with Crippen LogP contribution >= 0.6 is 11.6 Å². The molecule has 0 aliphatic carbocycles. The van der Waals surface area contributed by atoms with E-state index in [-0.39, 0.29) is 0 Å². The van der Waals surface area contributed by atoms with Crippen molar-refractivity contribution in [3.05, 3.63) is 0 Å². The Morgan fingerprint density at radius 2 is 2.57 bits per heavy atom. The van der Waals surface area contributed by atoms with E-state index >= 15 is 0 Å². The summed E-state index contributed by atoms with van der Waals surface area (Å²) in [5, 5.41) is 0. The van der Waals surface area contributed by atoms with Crippen LogP contribution < -0.4 is 0 Å². The highest BCUT2D eigenvalue weighted by Gasteiger charge is 2.26. The number of hydrogen-bond donors (Lipinski definition) is 0. The summed E-state index contributed by atoms with van der Waals surface area (Å²) >= 11 is 5.47. The van der Waals surface area contributed by atoms with E-state index in [4.69, 9.17) is 16.3 Å². The topological polar surface area (TPSA) is 9.23 Å². The molecule has 0 spiro atoms. The molecule has 7 heavy (non-hydrogen) atoms. The summed E-state index contributed by atoms with van der Waals surface area (Å²) in [4.78, 5) is 0. The zero-order valence-electron chi connectivity index (χ0n) is 4.36. The molecule has 2 heteroatoms. The maximum Gasteiger partial charge on any atom is 0.0757 e. The van der Waals surface area contributed by atoms with Crippen LogP contribution in [0, 0.1) is 5.92 Å². The van der Waals surface area contributed by atoms with Gasteiger partial charge in [-0.3, -0.25) is 0 Å². The van der Waals surface area contributed by atoms with Crippen molar-refractivity contribution in [3.63, 3.8) is 0 Å². The molecule has 0 aromatic carbocycles. The first-order chi connectivity index (χ1) is 3.34. The first-order valence-electron chi connectivity index (χ1n) is 2.52. The van der Waals surface area contributed by atoms with Gasteiger partial charge in [0.1, 0.15) is 0 Å². The third-order valence-corrected chi connectivity index (χ3v) is 1.66. The highest BCUT2D eigenvalue weighted by molar-refractivity contribution is 6.18. The van der Waals surface area contributed by atoms with Crippen LogP contribution in [-0.2, 0) is 4.74 Å². The summed E-state index contributed by atoms with van der Waals surface area (Å²) in [5.74, 6) is 1.35. The Bertz CT molecular complexity index is 63.1. The highest BCUT2D eigenvalue weighted by Crippen LogP contribution is 2.19. The van der Waals surface area contributed by atoms with Crippen molar-refractivity contribution >= 4 is 11.6 Å². The second-order valence-corrected chi connectivity index (χ2v) is 2.31. The van der Waals surface area contributed by atoms with Gasteiger partial charge in [0.2, 0.25) is 0 Å². The van der Waals surface area contributed by atoms with Crippen LogP contribution in [0.1, 0.15) is 6.92 Å². The molecule has 1 rings (SSSR count). The van der Waals surface area contributed by atoms with Gasteiger partial charge in [-0.1, -0.05) is 6.92 Å². The van der Waals surface area contributed by atoms with E-state index in [9.17, 15) is 0 Å². The first-order valence-corrected chi connectivity index (χ1v) is 3.05. The molecule has 1 heterocycles. The monoisotopic (exact) mass is 120 g/mol. The Kier molecular flexibility index (Phi) is 1.55. The minimum Gasteiger partial charge on any atom is -0.376 e. The third-order valence-electron chi connectivity index (χ3n) is 1.36. The van der Waals surface area contributed by atoms with Crippen LogP contribution in [0.4, 0.5) is 0 Å². The summed E-state index contributed by atoms with van der Waals surface area (Å²) in [6.45, 7) is 3.05. The molecule has 0 aromatic heterocycles. The largest absolute Gasteiger partial charge is 0.376 e. The number of alkyl halides is 1. The molecule has 1 aliphatic rings. The lowest BCUT2D eigenvalue weighted by molar-refractivity contribution is -0.0914. The lowest BCUT2D eigenvalue weighted by Crippen LogP contribution is -2.38. The fraction of sp³-hybridized carbons (Fsp3) is 1.00. The third kappa shape index (κ3) is 0.892. The van der Waals surface area contributed by atoms with Crippen molar-refractivity contribution in [2.45, 2.75) is 13.0 Å². The summed E-state index contributed by atoms with van der Waals surface area (Å²) < 4.78 is 5.06. The molecule has 1 saturated heterocycles. The van der Waals surface area contributed by atoms with E-state index in [1.54, 1.807) is 0 Å². The molecule has 42 valence electrons. The van der Waals surface area contributed by atoms with Crippen molar-refractivity contribution in [3.8, 4) is 0 Å². The summed E-state index contributed by atoms with van der Waals surface area (Å²) in [5.41, 5.74) is 0. The van der Waals surface area contributed by atoms with Crippen molar-refractivity contribution in [2.75, 3.05) is 12.5 Å². The van der Waals surface area contributed by atoms with Gasteiger partial charge in [0.05, 0.1) is 12.7 Å². The summed E-state index contributed by atoms with van der Waals surface area (Å²) in [7, 11) is 0. The van der Waals surface area contributed by atoms with Gasteiger partial charge in [0.15, 0.2) is 0 Å². The molecule has 1 aliphatic heterocycles. The van der Waals surface area contributed by atoms with E-state index in [1.165, 1.54) is 0 Å². The van der Waals surface area contributed by atoms with Crippen LogP contribution in [0.3, 0.4) is 0 Å². The van der Waals surface area contributed by atoms with Gasteiger partial charge in [-0.05, 0) is 0 Å². The van der Waals surface area contributed by atoms with Crippen molar-refractivity contribution < 1.29 is 4.74 Å². The maximum absolute atomic E-state index is 5.47. The zero-order chi connectivity index (χ0) is 5.28. The molecule has 0 saturated carbocycles. The van der Waals surface area contributed by atoms with Crippen LogP contribution in [-0.4, -0.2) is 18.6 Å². The Labute approximate surface area is 48.6 Å². The Balaban J connectivity index is 2.16. The SMILES string of the molecule is CC1COC1CCl. The molecule has 2 atom stereocenters. The van der Waals surface area contributed by atoms with Gasteiger partial charge in [0.25, 0.3) is 0 Å². The van der Waals surface area contributed by atoms with Crippen LogP contribution in [0.2, 0.25) is 0 Å². The zero-order valence-corrected chi connectivity index (χ0v) is 5.11. The summed E-state index contributed by atoms with van der Waals surface area (Å²) in [6, 6.07) is 0. The van der Waals surface area contributed by atoms with Crippen molar-refractivity contribution in [2.24, 2.45) is 5.92 Å². The minimum absolute atomic E-state index is 0.349. The highest BCUT2D eigenvalue weighted by atomic mass is 35.5. The lowest BCUT2D eigenvalue weighted by Gasteiger charge is -2.32. The Morgan fingerprint density at radius 3 is 2.57 bits per heavy atom. The molecule has 1 fully saturated rings. The molecule has 0 N–H and O–H groups in total. The molecule has 0 bridgehead atoms. The van der Waals surface area contributed by atoms with Gasteiger partial charge >= 0.3 is 0 Å². The fourth-order valence-corrected chi connectivity index (χ4v) is 1.01. The standard InChI is InChI=1S/C5H9ClO/c1-4-3-7-5(4)2-6/h4-5H,2-3H2,1H3. The number of rotatable bonds is 1. The minimum atomic E-state index is 0.349. The number of hydrogen-bond acceptors (Lipinski definition) is 1. The van der Waals surface area contributed by atoms with Gasteiger partial charge in [0, 0.05) is 11.8 Å². The Morgan fingerprint density at radius 1 is 1.86 bits per heavy atom. The van der Waals surface area contributed by atoms with E-state index in [2.05, 4.69) is 6.92 Å². The average Bonchev–Trinajstić information content (AvgIpc) is 1.65. The predicted octanol–water partition coefficient (Wildman–Crippen LogP) is 1.26. The van der Waals surface area contributed by atoms with Gasteiger partial charge in [-0.2, -0.15) is 0 Å². The van der Waals surface area contributed by atoms with Crippen molar-refractivity contribution in [1.29, 1.82) is 0 Å². The molecule has 2 unspecified atom stereocenters. The molecule has 0 aromatic rings. The predicted molar refractivity (Wildman–Crippen MR) is 29.6 cm³/mol. The van der Waals surface area contributed by atoms with E-state index in [0.717, 1.165) is 6.61 Å². The van der Waals surface area contributed by atoms with Crippen LogP contribution in [0.5, 0.6) is 0 Å². The van der Waals surface area contributed by atoms with Gasteiger partial charge in [-0.25, -0.2) is 0 Å². The second-order valence-electron chi connectivity index (χ2n) is 2.00. The normalized spacial score (nSPS) is 40.3. The van der Waals surface area contributed by atoms with Gasteiger partial charge in [-0.15, -0.1) is 11.6 Å². The molecular formula is C5H9ClO. The van der Waals surface area contributed by atoms with Crippen LogP contribution in [0.15, 0.2) is 0 Å². The smallest absolute Gasteiger partial charge is 0.0757 e. The van der Waals surface area contributed by atoms with E-state index in [0.29, 0.717) is 17.9 Å². The quantitative estimate of drug-likeness (QED) is 0.474. The van der Waals surface area contributed by atoms with E-state index < -0.39 is 0 Å². The summed E-state index contributed by atoms with van der Waals surface area (Å²) in [6.07, 6.45) is 0.349. The molecular weight excluding hydrogens is 112 g/mol. The maximum atomic E-state index is 5.47. The average molecular weight is 121 g/mol. The molecule has 0 radical (unpaired) electrons. The molecule has 0 amide bonds. The lowest BCUT2D eigenvalue weighted by atomic mass is 10.0. The number of halogens is 1. The van der Waals surface area contributed by atoms with Crippen LogP contribution in [0.25, 0.3) is 0 Å². The fourth-order valence-electron chi connectivity index (χ4n) is 0.621. The second kappa shape index (κ2) is 2.01. The Hall–Kier alpha value is 0.250.